The van der Waals surface area contributed by atoms with E-state index in [2.05, 4.69) is 5.32 Å². The van der Waals surface area contributed by atoms with Crippen LogP contribution in [0.3, 0.4) is 0 Å². The van der Waals surface area contributed by atoms with E-state index < -0.39 is 18.4 Å². The lowest BCUT2D eigenvalue weighted by atomic mass is 10.2. The van der Waals surface area contributed by atoms with Crippen molar-refractivity contribution in [3.05, 3.63) is 29.6 Å². The number of alkyl halides is 3. The molecule has 120 valence electrons. The smallest absolute Gasteiger partial charge is 0.383 e. The Hall–Kier alpha value is -1.34. The molecule has 1 aromatic rings. The third kappa shape index (κ3) is 6.77. The number of rotatable bonds is 8. The summed E-state index contributed by atoms with van der Waals surface area (Å²) in [5.41, 5.74) is 0.900. The highest BCUT2D eigenvalue weighted by atomic mass is 19.4. The molecule has 0 bridgehead atoms. The van der Waals surface area contributed by atoms with E-state index >= 15 is 0 Å². The van der Waals surface area contributed by atoms with Gasteiger partial charge in [0.25, 0.3) is 0 Å². The van der Waals surface area contributed by atoms with E-state index in [-0.39, 0.29) is 12.2 Å². The van der Waals surface area contributed by atoms with E-state index in [1.165, 1.54) is 24.1 Å². The molecular formula is C14H20F4N2O. The Morgan fingerprint density at radius 2 is 2.00 bits per heavy atom. The topological polar surface area (TPSA) is 24.5 Å². The van der Waals surface area contributed by atoms with Crippen LogP contribution in [0.4, 0.5) is 23.2 Å². The lowest BCUT2D eigenvalue weighted by Crippen LogP contribution is -2.25. The van der Waals surface area contributed by atoms with Gasteiger partial charge in [-0.3, -0.25) is 0 Å². The van der Waals surface area contributed by atoms with Gasteiger partial charge in [0.1, 0.15) is 5.82 Å². The molecule has 0 saturated carbocycles. The second kappa shape index (κ2) is 8.19. The molecule has 1 aromatic carbocycles. The molecule has 0 saturated heterocycles. The fourth-order valence-corrected chi connectivity index (χ4v) is 1.79. The first kappa shape index (κ1) is 17.7. The van der Waals surface area contributed by atoms with E-state index in [1.54, 1.807) is 13.2 Å². The van der Waals surface area contributed by atoms with Crippen molar-refractivity contribution in [3.8, 4) is 0 Å². The molecule has 0 heterocycles. The Morgan fingerprint density at radius 1 is 1.29 bits per heavy atom. The molecule has 0 amide bonds. The Kier molecular flexibility index (Phi) is 6.91. The first-order valence-corrected chi connectivity index (χ1v) is 6.59. The average molecular weight is 308 g/mol. The second-order valence-electron chi connectivity index (χ2n) is 4.74. The van der Waals surface area contributed by atoms with Crippen LogP contribution in [0.5, 0.6) is 0 Å². The standard InChI is InChI=1S/C14H20F4N2O/c1-20(7-5-14(16,17)18)13-4-3-11(9-12(13)15)10-19-6-8-21-2/h3-4,9,19H,5-8,10H2,1-2H3. The number of ether oxygens (including phenoxy) is 1. The zero-order valence-corrected chi connectivity index (χ0v) is 12.1. The molecule has 0 aromatic heterocycles. The van der Waals surface area contributed by atoms with E-state index in [4.69, 9.17) is 4.74 Å². The molecular weight excluding hydrogens is 288 g/mol. The van der Waals surface area contributed by atoms with Crippen LogP contribution in [0.25, 0.3) is 0 Å². The summed E-state index contributed by atoms with van der Waals surface area (Å²) in [7, 11) is 3.04. The van der Waals surface area contributed by atoms with Crippen LogP contribution in [0.15, 0.2) is 18.2 Å². The van der Waals surface area contributed by atoms with Crippen molar-refractivity contribution in [1.82, 2.24) is 5.32 Å². The Bertz CT molecular complexity index is 437. The summed E-state index contributed by atoms with van der Waals surface area (Å²) < 4.78 is 55.3. The second-order valence-corrected chi connectivity index (χ2v) is 4.74. The van der Waals surface area contributed by atoms with Gasteiger partial charge in [0.05, 0.1) is 18.7 Å². The monoisotopic (exact) mass is 308 g/mol. The number of halogens is 4. The lowest BCUT2D eigenvalue weighted by molar-refractivity contribution is -0.132. The van der Waals surface area contributed by atoms with Crippen LogP contribution in [-0.4, -0.2) is 40.0 Å². The van der Waals surface area contributed by atoms with Gasteiger partial charge in [0.2, 0.25) is 0 Å². The maximum absolute atomic E-state index is 13.9. The number of anilines is 1. The highest BCUT2D eigenvalue weighted by Gasteiger charge is 2.27. The van der Waals surface area contributed by atoms with Crippen LogP contribution in [0.2, 0.25) is 0 Å². The fraction of sp³-hybridized carbons (Fsp3) is 0.571. The third-order valence-electron chi connectivity index (χ3n) is 2.97. The number of hydrogen-bond acceptors (Lipinski definition) is 3. The number of methoxy groups -OCH3 is 1. The van der Waals surface area contributed by atoms with E-state index in [0.29, 0.717) is 19.7 Å². The number of nitrogens with zero attached hydrogens (tertiary/aromatic N) is 1. The predicted molar refractivity (Wildman–Crippen MR) is 73.9 cm³/mol. The average Bonchev–Trinajstić information content (AvgIpc) is 2.40. The number of hydrogen-bond donors (Lipinski definition) is 1. The van der Waals surface area contributed by atoms with Crippen LogP contribution < -0.4 is 10.2 Å². The maximum atomic E-state index is 13.9. The molecule has 0 atom stereocenters. The molecule has 21 heavy (non-hydrogen) atoms. The quantitative estimate of drug-likeness (QED) is 0.590. The van der Waals surface area contributed by atoms with E-state index in [0.717, 1.165) is 5.56 Å². The summed E-state index contributed by atoms with van der Waals surface area (Å²) >= 11 is 0. The third-order valence-corrected chi connectivity index (χ3v) is 2.97. The molecule has 1 N–H and O–H groups in total. The molecule has 0 unspecified atom stereocenters. The van der Waals surface area contributed by atoms with Crippen molar-refractivity contribution in [2.24, 2.45) is 0 Å². The molecule has 7 heteroatoms. The molecule has 0 radical (unpaired) electrons. The first-order valence-electron chi connectivity index (χ1n) is 6.59. The predicted octanol–water partition coefficient (Wildman–Crippen LogP) is 2.95. The lowest BCUT2D eigenvalue weighted by Gasteiger charge is -2.21. The highest BCUT2D eigenvalue weighted by molar-refractivity contribution is 5.48. The van der Waals surface area contributed by atoms with E-state index in [1.807, 2.05) is 0 Å². The molecule has 3 nitrogen and oxygen atoms in total. The Labute approximate surface area is 121 Å². The number of nitrogens with one attached hydrogen (secondary N) is 1. The summed E-state index contributed by atoms with van der Waals surface area (Å²) in [6, 6.07) is 4.53. The zero-order valence-electron chi connectivity index (χ0n) is 12.1. The normalized spacial score (nSPS) is 11.7. The summed E-state index contributed by atoms with van der Waals surface area (Å²) in [6.45, 7) is 1.41. The Morgan fingerprint density at radius 3 is 2.57 bits per heavy atom. The minimum Gasteiger partial charge on any atom is -0.383 e. The van der Waals surface area contributed by atoms with Crippen LogP contribution in [0.1, 0.15) is 12.0 Å². The zero-order chi connectivity index (χ0) is 15.9. The molecule has 0 aliphatic carbocycles. The van der Waals surface area contributed by atoms with Gasteiger partial charge in [-0.25, -0.2) is 4.39 Å². The van der Waals surface area contributed by atoms with Crippen molar-refractivity contribution in [2.45, 2.75) is 19.1 Å². The van der Waals surface area contributed by atoms with E-state index in [9.17, 15) is 17.6 Å². The minimum atomic E-state index is -4.24. The van der Waals surface area contributed by atoms with Crippen LogP contribution in [0, 0.1) is 5.82 Å². The largest absolute Gasteiger partial charge is 0.390 e. The summed E-state index contributed by atoms with van der Waals surface area (Å²) in [6.07, 6.45) is -5.21. The summed E-state index contributed by atoms with van der Waals surface area (Å²) in [5, 5.41) is 3.07. The van der Waals surface area contributed by atoms with Gasteiger partial charge in [-0.15, -0.1) is 0 Å². The van der Waals surface area contributed by atoms with Crippen molar-refractivity contribution >= 4 is 5.69 Å². The van der Waals surface area contributed by atoms with Gasteiger partial charge in [-0.1, -0.05) is 6.07 Å². The van der Waals surface area contributed by atoms with Crippen molar-refractivity contribution in [2.75, 3.05) is 38.8 Å². The highest BCUT2D eigenvalue weighted by Crippen LogP contribution is 2.24. The Balaban J connectivity index is 2.56. The van der Waals surface area contributed by atoms with Crippen molar-refractivity contribution < 1.29 is 22.3 Å². The fourth-order valence-electron chi connectivity index (χ4n) is 1.79. The first-order chi connectivity index (χ1) is 9.83. The van der Waals surface area contributed by atoms with Crippen LogP contribution in [-0.2, 0) is 11.3 Å². The summed E-state index contributed by atoms with van der Waals surface area (Å²) in [5.74, 6) is -0.522. The molecule has 0 fully saturated rings. The summed E-state index contributed by atoms with van der Waals surface area (Å²) in [4.78, 5) is 1.27. The van der Waals surface area contributed by atoms with Gasteiger partial charge in [0.15, 0.2) is 0 Å². The van der Waals surface area contributed by atoms with Gasteiger partial charge in [0, 0.05) is 33.8 Å². The van der Waals surface area contributed by atoms with Gasteiger partial charge >= 0.3 is 6.18 Å². The molecule has 0 aliphatic rings. The van der Waals surface area contributed by atoms with Crippen molar-refractivity contribution in [1.29, 1.82) is 0 Å². The SMILES string of the molecule is COCCNCc1ccc(N(C)CCC(F)(F)F)c(F)c1. The maximum Gasteiger partial charge on any atom is 0.390 e. The number of benzene rings is 1. The van der Waals surface area contributed by atoms with Crippen molar-refractivity contribution in [3.63, 3.8) is 0 Å². The minimum absolute atomic E-state index is 0.167. The molecule has 1 rings (SSSR count). The van der Waals surface area contributed by atoms with Gasteiger partial charge in [-0.05, 0) is 17.7 Å². The molecule has 0 spiro atoms. The van der Waals surface area contributed by atoms with Gasteiger partial charge in [-0.2, -0.15) is 13.2 Å². The molecule has 0 aliphatic heterocycles. The van der Waals surface area contributed by atoms with Gasteiger partial charge < -0.3 is 15.0 Å². The van der Waals surface area contributed by atoms with Crippen LogP contribution >= 0.6 is 0 Å².